The molecule has 0 aliphatic carbocycles. The van der Waals surface area contributed by atoms with Gasteiger partial charge in [0.15, 0.2) is 6.29 Å². The number of carbonyl (C=O) groups excluding carboxylic acids is 1. The minimum absolute atomic E-state index is 0.132. The Labute approximate surface area is 579 Å². The van der Waals surface area contributed by atoms with Gasteiger partial charge in [0.25, 0.3) is 0 Å². The first-order valence-corrected chi connectivity index (χ1v) is 42.0. The Hall–Kier alpha value is -1.33. The molecule has 6 N–H and O–H groups in total. The Balaban J connectivity index is 2.02. The Bertz CT molecular complexity index is 1530. The van der Waals surface area contributed by atoms with E-state index in [0.717, 1.165) is 44.9 Å². The quantitative estimate of drug-likeness (QED) is 0.0261. The molecule has 1 amide bonds. The second kappa shape index (κ2) is 73.4. The molecule has 0 aromatic rings. The third-order valence-corrected chi connectivity index (χ3v) is 20.6. The molecule has 552 valence electrons. The maximum absolute atomic E-state index is 13.2. The van der Waals surface area contributed by atoms with E-state index < -0.39 is 49.5 Å². The molecule has 1 heterocycles. The lowest BCUT2D eigenvalue weighted by atomic mass is 9.99. The summed E-state index contributed by atoms with van der Waals surface area (Å²) < 4.78 is 11.4. The molecule has 0 aromatic heterocycles. The normalized spacial score (nSPS) is 17.6. The zero-order chi connectivity index (χ0) is 67.1. The van der Waals surface area contributed by atoms with Crippen molar-refractivity contribution in [3.05, 3.63) is 24.3 Å². The Morgan fingerprint density at radius 1 is 0.366 bits per heavy atom. The van der Waals surface area contributed by atoms with Crippen LogP contribution in [0.5, 0.6) is 0 Å². The second-order valence-corrected chi connectivity index (χ2v) is 29.6. The van der Waals surface area contributed by atoms with Crippen LogP contribution in [0.2, 0.25) is 0 Å². The molecule has 7 atom stereocenters. The molecular weight excluding hydrogens is 1150 g/mol. The summed E-state index contributed by atoms with van der Waals surface area (Å²) in [5.74, 6) is -0.133. The number of ether oxygens (including phenoxy) is 2. The van der Waals surface area contributed by atoms with Crippen LogP contribution in [0.25, 0.3) is 0 Å². The fourth-order valence-corrected chi connectivity index (χ4v) is 14.0. The maximum Gasteiger partial charge on any atom is 0.220 e. The third kappa shape index (κ3) is 61.5. The van der Waals surface area contributed by atoms with Gasteiger partial charge in [0.05, 0.1) is 25.4 Å². The van der Waals surface area contributed by atoms with Crippen LogP contribution in [0, 0.1) is 0 Å². The van der Waals surface area contributed by atoms with E-state index in [1.807, 2.05) is 0 Å². The van der Waals surface area contributed by atoms with Crippen LogP contribution in [-0.4, -0.2) is 87.5 Å². The van der Waals surface area contributed by atoms with Gasteiger partial charge in [0.2, 0.25) is 5.91 Å². The molecule has 0 spiro atoms. The fraction of sp³-hybridized carbons (Fsp3) is 0.940. The van der Waals surface area contributed by atoms with Gasteiger partial charge in [-0.05, 0) is 44.9 Å². The van der Waals surface area contributed by atoms with Crippen LogP contribution in [0.15, 0.2) is 24.3 Å². The monoisotopic (exact) mass is 1310 g/mol. The summed E-state index contributed by atoms with van der Waals surface area (Å²) in [7, 11) is 0. The zero-order valence-electron chi connectivity index (χ0n) is 62.3. The van der Waals surface area contributed by atoms with Gasteiger partial charge in [-0.15, -0.1) is 0 Å². The number of nitrogens with one attached hydrogen (secondary N) is 1. The lowest BCUT2D eigenvalue weighted by molar-refractivity contribution is -0.302. The molecule has 0 radical (unpaired) electrons. The summed E-state index contributed by atoms with van der Waals surface area (Å²) in [6.07, 6.45) is 91.7. The number of hydrogen-bond donors (Lipinski definition) is 6. The van der Waals surface area contributed by atoms with E-state index >= 15 is 0 Å². The van der Waals surface area contributed by atoms with Gasteiger partial charge in [-0.25, -0.2) is 0 Å². The van der Waals surface area contributed by atoms with Gasteiger partial charge < -0.3 is 40.3 Å². The highest BCUT2D eigenvalue weighted by Crippen LogP contribution is 2.25. The van der Waals surface area contributed by atoms with Crippen molar-refractivity contribution in [3.8, 4) is 0 Å². The summed E-state index contributed by atoms with van der Waals surface area (Å²) in [6.45, 7) is 3.90. The van der Waals surface area contributed by atoms with Crippen molar-refractivity contribution < 1.29 is 39.8 Å². The highest BCUT2D eigenvalue weighted by atomic mass is 16.7. The van der Waals surface area contributed by atoms with E-state index in [-0.39, 0.29) is 12.5 Å². The fourth-order valence-electron chi connectivity index (χ4n) is 14.0. The first-order chi connectivity index (χ1) is 45.8. The molecule has 0 saturated carbocycles. The molecular formula is C84H163NO8. The van der Waals surface area contributed by atoms with Gasteiger partial charge in [-0.2, -0.15) is 0 Å². The number of aliphatic hydroxyl groups excluding tert-OH is 5. The highest BCUT2D eigenvalue weighted by Gasteiger charge is 2.44. The van der Waals surface area contributed by atoms with Gasteiger partial charge >= 0.3 is 0 Å². The van der Waals surface area contributed by atoms with Crippen molar-refractivity contribution in [1.82, 2.24) is 5.32 Å². The largest absolute Gasteiger partial charge is 0.394 e. The second-order valence-electron chi connectivity index (χ2n) is 29.6. The maximum atomic E-state index is 13.2. The van der Waals surface area contributed by atoms with Crippen molar-refractivity contribution in [3.63, 3.8) is 0 Å². The van der Waals surface area contributed by atoms with Gasteiger partial charge in [-0.3, -0.25) is 4.79 Å². The Morgan fingerprint density at radius 2 is 0.634 bits per heavy atom. The number of carbonyl (C=O) groups is 1. The van der Waals surface area contributed by atoms with E-state index in [9.17, 15) is 30.3 Å². The molecule has 0 bridgehead atoms. The minimum atomic E-state index is -1.55. The smallest absolute Gasteiger partial charge is 0.220 e. The molecule has 93 heavy (non-hydrogen) atoms. The number of aliphatic hydroxyl groups is 5. The average Bonchev–Trinajstić information content (AvgIpc) is 1.02. The van der Waals surface area contributed by atoms with Crippen molar-refractivity contribution in [2.45, 2.75) is 493 Å². The van der Waals surface area contributed by atoms with Crippen LogP contribution in [0.3, 0.4) is 0 Å². The van der Waals surface area contributed by atoms with Crippen LogP contribution in [-0.2, 0) is 14.3 Å². The van der Waals surface area contributed by atoms with E-state index in [1.54, 1.807) is 0 Å². The molecule has 1 saturated heterocycles. The van der Waals surface area contributed by atoms with Crippen LogP contribution < -0.4 is 5.32 Å². The third-order valence-electron chi connectivity index (χ3n) is 20.6. The molecule has 9 heteroatoms. The molecule has 1 rings (SSSR count). The topological polar surface area (TPSA) is 149 Å². The summed E-state index contributed by atoms with van der Waals surface area (Å²) >= 11 is 0. The van der Waals surface area contributed by atoms with Crippen molar-refractivity contribution in [1.29, 1.82) is 0 Å². The van der Waals surface area contributed by atoms with Gasteiger partial charge in [0, 0.05) is 6.42 Å². The molecule has 1 aliphatic rings. The number of rotatable bonds is 76. The van der Waals surface area contributed by atoms with Crippen LogP contribution in [0.1, 0.15) is 450 Å². The van der Waals surface area contributed by atoms with Crippen LogP contribution >= 0.6 is 0 Å². The first kappa shape index (κ1) is 89.7. The van der Waals surface area contributed by atoms with Crippen LogP contribution in [0.4, 0.5) is 0 Å². The predicted octanol–water partition coefficient (Wildman–Crippen LogP) is 24.3. The molecule has 9 nitrogen and oxygen atoms in total. The summed E-state index contributed by atoms with van der Waals surface area (Å²) in [5.41, 5.74) is 0. The SMILES string of the molecule is CCCCCCC/C=C\C/C=C\CCCCCCCCCCCCCCCCCCCCCCCCCCCCCC(=O)NC(COC1OC(CO)C(O)C(O)C1O)C(O)CCCCCCCCCCCCCCCCCCCCCCCCCCCCCCCCC. The molecule has 1 fully saturated rings. The Morgan fingerprint density at radius 3 is 0.925 bits per heavy atom. The highest BCUT2D eigenvalue weighted by molar-refractivity contribution is 5.76. The lowest BCUT2D eigenvalue weighted by Crippen LogP contribution is -2.60. The van der Waals surface area contributed by atoms with Gasteiger partial charge in [0.1, 0.15) is 24.4 Å². The van der Waals surface area contributed by atoms with Crippen molar-refractivity contribution in [2.75, 3.05) is 13.2 Å². The standard InChI is InChI=1S/C84H163NO8/c1-3-5-7-9-11-13-15-17-19-21-23-25-27-29-31-33-35-36-37-38-39-40-41-42-44-46-48-50-52-54-56-58-60-62-64-66-68-70-72-74-80(88)85-77(76-92-84-83(91)82(90)81(89)79(75-86)93-84)78(87)73-71-69-67-65-63-61-59-57-55-53-51-49-47-45-43-34-32-30-28-26-24-22-20-18-16-14-12-10-8-6-4-2/h15,17,21,23,77-79,81-84,86-87,89-91H,3-14,16,18-20,22,24-76H2,1-2H3,(H,85,88)/b17-15-,23-21-. The molecule has 1 aliphatic heterocycles. The average molecular weight is 1320 g/mol. The van der Waals surface area contributed by atoms with E-state index in [2.05, 4.69) is 43.5 Å². The number of hydrogen-bond acceptors (Lipinski definition) is 8. The number of allylic oxidation sites excluding steroid dienone is 4. The van der Waals surface area contributed by atoms with E-state index in [0.29, 0.717) is 12.8 Å². The molecule has 7 unspecified atom stereocenters. The van der Waals surface area contributed by atoms with Crippen molar-refractivity contribution >= 4 is 5.91 Å². The number of unbranched alkanes of at least 4 members (excludes halogenated alkanes) is 62. The molecule has 0 aromatic carbocycles. The van der Waals surface area contributed by atoms with Gasteiger partial charge in [-0.1, -0.05) is 423 Å². The van der Waals surface area contributed by atoms with Crippen molar-refractivity contribution in [2.24, 2.45) is 0 Å². The van der Waals surface area contributed by atoms with E-state index in [4.69, 9.17) is 9.47 Å². The summed E-state index contributed by atoms with van der Waals surface area (Å²) in [5, 5.41) is 55.1. The Kier molecular flexibility index (Phi) is 70.8. The number of amides is 1. The summed E-state index contributed by atoms with van der Waals surface area (Å²) in [4.78, 5) is 13.2. The minimum Gasteiger partial charge on any atom is -0.394 e. The van der Waals surface area contributed by atoms with E-state index in [1.165, 1.54) is 379 Å². The summed E-state index contributed by atoms with van der Waals surface area (Å²) in [6, 6.07) is -0.718. The zero-order valence-corrected chi connectivity index (χ0v) is 62.3. The predicted molar refractivity (Wildman–Crippen MR) is 401 cm³/mol. The first-order valence-electron chi connectivity index (χ1n) is 42.0. The lowest BCUT2D eigenvalue weighted by Gasteiger charge is -2.40.